The summed E-state index contributed by atoms with van der Waals surface area (Å²) in [4.78, 5) is 9.48. The molecule has 0 spiro atoms. The molecule has 3 aromatic rings. The number of aliphatic hydroxyl groups is 1. The number of nitrogens with one attached hydrogen (secondary N) is 1. The van der Waals surface area contributed by atoms with Gasteiger partial charge >= 0.3 is 0 Å². The molecule has 0 aliphatic heterocycles. The number of phenols is 1. The first-order chi connectivity index (χ1) is 12.6. The molecule has 2 heterocycles. The van der Waals surface area contributed by atoms with Crippen LogP contribution in [0.15, 0.2) is 30.5 Å². The Morgan fingerprint density at radius 3 is 2.65 bits per heavy atom. The van der Waals surface area contributed by atoms with Gasteiger partial charge in [-0.3, -0.25) is 4.68 Å². The Hall–Kier alpha value is -2.67. The van der Waals surface area contributed by atoms with Crippen LogP contribution in [-0.2, 0) is 7.05 Å². The predicted molar refractivity (Wildman–Crippen MR) is 99.1 cm³/mol. The van der Waals surface area contributed by atoms with E-state index in [0.717, 1.165) is 35.3 Å². The van der Waals surface area contributed by atoms with Gasteiger partial charge in [0.1, 0.15) is 17.4 Å². The highest BCUT2D eigenvalue weighted by molar-refractivity contribution is 5.86. The molecule has 0 unspecified atom stereocenters. The van der Waals surface area contributed by atoms with Crippen molar-refractivity contribution in [2.24, 2.45) is 7.05 Å². The molecule has 26 heavy (non-hydrogen) atoms. The van der Waals surface area contributed by atoms with Crippen molar-refractivity contribution in [1.82, 2.24) is 19.7 Å². The Morgan fingerprint density at radius 2 is 1.92 bits per heavy atom. The Balaban J connectivity index is 1.59. The van der Waals surface area contributed by atoms with Crippen LogP contribution in [0, 0.1) is 0 Å². The summed E-state index contributed by atoms with van der Waals surface area (Å²) in [5.74, 6) is 2.16. The highest BCUT2D eigenvalue weighted by atomic mass is 16.3. The second kappa shape index (κ2) is 6.92. The summed E-state index contributed by atoms with van der Waals surface area (Å²) < 4.78 is 1.76. The normalized spacial score (nSPS) is 16.2. The third kappa shape index (κ3) is 3.22. The van der Waals surface area contributed by atoms with Crippen molar-refractivity contribution in [2.45, 2.75) is 37.7 Å². The van der Waals surface area contributed by atoms with E-state index in [1.54, 1.807) is 35.1 Å². The van der Waals surface area contributed by atoms with Gasteiger partial charge in [0.25, 0.3) is 0 Å². The summed E-state index contributed by atoms with van der Waals surface area (Å²) >= 11 is 0. The maximum absolute atomic E-state index is 10.4. The average Bonchev–Trinajstić information content (AvgIpc) is 3.30. The number of aromatic hydroxyl groups is 1. The molecule has 1 aliphatic carbocycles. The first kappa shape index (κ1) is 16.8. The maximum Gasteiger partial charge on any atom is 0.163 e. The Kier molecular flexibility index (Phi) is 4.46. The van der Waals surface area contributed by atoms with Gasteiger partial charge in [-0.1, -0.05) is 25.0 Å². The molecule has 1 fully saturated rings. The lowest BCUT2D eigenvalue weighted by molar-refractivity contribution is 0.191. The van der Waals surface area contributed by atoms with Gasteiger partial charge in [0.2, 0.25) is 0 Å². The quantitative estimate of drug-likeness (QED) is 0.653. The molecule has 7 heteroatoms. The van der Waals surface area contributed by atoms with Crippen LogP contribution in [0.3, 0.4) is 0 Å². The number of nitrogens with zero attached hydrogens (tertiary/aromatic N) is 4. The van der Waals surface area contributed by atoms with Crippen LogP contribution in [0.1, 0.15) is 49.1 Å². The van der Waals surface area contributed by atoms with Crippen molar-refractivity contribution in [1.29, 1.82) is 0 Å². The average molecular weight is 353 g/mol. The van der Waals surface area contributed by atoms with Crippen molar-refractivity contribution in [3.05, 3.63) is 41.9 Å². The minimum absolute atomic E-state index is 0.183. The van der Waals surface area contributed by atoms with Crippen LogP contribution in [0.25, 0.3) is 11.0 Å². The lowest BCUT2D eigenvalue weighted by Crippen LogP contribution is -2.14. The summed E-state index contributed by atoms with van der Waals surface area (Å²) in [6, 6.07) is 6.57. The van der Waals surface area contributed by atoms with Crippen LogP contribution >= 0.6 is 0 Å². The Morgan fingerprint density at radius 1 is 1.19 bits per heavy atom. The summed E-state index contributed by atoms with van der Waals surface area (Å²) in [5.41, 5.74) is 1.55. The second-order valence-corrected chi connectivity index (χ2v) is 6.91. The van der Waals surface area contributed by atoms with E-state index >= 15 is 0 Å². The van der Waals surface area contributed by atoms with Crippen LogP contribution in [-0.4, -0.2) is 36.5 Å². The van der Waals surface area contributed by atoms with Gasteiger partial charge < -0.3 is 15.5 Å². The van der Waals surface area contributed by atoms with Crippen LogP contribution in [0.2, 0.25) is 0 Å². The molecule has 1 aliphatic rings. The van der Waals surface area contributed by atoms with E-state index in [1.807, 2.05) is 7.05 Å². The van der Waals surface area contributed by atoms with Crippen molar-refractivity contribution in [3.63, 3.8) is 0 Å². The number of aliphatic hydroxyl groups excluding tert-OH is 1. The third-order valence-electron chi connectivity index (χ3n) is 5.07. The molecule has 136 valence electrons. The maximum atomic E-state index is 10.4. The molecule has 1 atom stereocenters. The number of anilines is 1. The van der Waals surface area contributed by atoms with E-state index in [4.69, 9.17) is 9.97 Å². The van der Waals surface area contributed by atoms with Gasteiger partial charge in [0.05, 0.1) is 17.7 Å². The first-order valence-electron chi connectivity index (χ1n) is 9.02. The monoisotopic (exact) mass is 353 g/mol. The van der Waals surface area contributed by atoms with Crippen LogP contribution in [0.5, 0.6) is 5.75 Å². The van der Waals surface area contributed by atoms with Crippen LogP contribution < -0.4 is 5.32 Å². The van der Waals surface area contributed by atoms with E-state index in [1.165, 1.54) is 12.8 Å². The van der Waals surface area contributed by atoms with Gasteiger partial charge in [-0.2, -0.15) is 5.10 Å². The van der Waals surface area contributed by atoms with Gasteiger partial charge in [-0.05, 0) is 30.5 Å². The van der Waals surface area contributed by atoms with Gasteiger partial charge in [-0.25, -0.2) is 9.97 Å². The molecule has 0 radical (unpaired) electrons. The number of phenolic OH excluding ortho intramolecular Hbond substituents is 1. The van der Waals surface area contributed by atoms with Crippen molar-refractivity contribution in [2.75, 3.05) is 11.9 Å². The molecule has 0 bridgehead atoms. The topological polar surface area (TPSA) is 96.1 Å². The Labute approximate surface area is 151 Å². The molecule has 1 aromatic carbocycles. The highest BCUT2D eigenvalue weighted by Gasteiger charge is 2.22. The van der Waals surface area contributed by atoms with Gasteiger partial charge in [-0.15, -0.1) is 0 Å². The summed E-state index contributed by atoms with van der Waals surface area (Å²) in [6.45, 7) is 0.315. The Bertz CT molecular complexity index is 900. The summed E-state index contributed by atoms with van der Waals surface area (Å²) in [6.07, 6.45) is 5.74. The summed E-state index contributed by atoms with van der Waals surface area (Å²) in [7, 11) is 1.88. The number of aromatic nitrogens is 4. The second-order valence-electron chi connectivity index (χ2n) is 6.91. The fourth-order valence-electron chi connectivity index (χ4n) is 3.55. The van der Waals surface area contributed by atoms with Gasteiger partial charge in [0.15, 0.2) is 5.65 Å². The van der Waals surface area contributed by atoms with E-state index in [0.29, 0.717) is 18.3 Å². The van der Waals surface area contributed by atoms with Crippen molar-refractivity contribution < 1.29 is 10.2 Å². The van der Waals surface area contributed by atoms with E-state index < -0.39 is 6.10 Å². The molecule has 1 saturated carbocycles. The smallest absolute Gasteiger partial charge is 0.163 e. The number of hydrogen-bond acceptors (Lipinski definition) is 6. The minimum atomic E-state index is -0.702. The number of benzene rings is 1. The van der Waals surface area contributed by atoms with E-state index in [9.17, 15) is 10.2 Å². The molecule has 0 amide bonds. The molecular formula is C19H23N5O2. The number of aryl methyl sites for hydroxylation is 1. The number of fused-ring (bicyclic) bond motifs is 1. The van der Waals surface area contributed by atoms with Gasteiger partial charge in [0, 0.05) is 19.5 Å². The van der Waals surface area contributed by atoms with E-state index in [-0.39, 0.29) is 5.75 Å². The molecule has 7 nitrogen and oxygen atoms in total. The SMILES string of the molecule is Cn1ncc2c(NC[C@H](O)c3ccc(O)cc3)nc(C3CCCC3)nc21. The fraction of sp³-hybridized carbons (Fsp3) is 0.421. The lowest BCUT2D eigenvalue weighted by Gasteiger charge is -2.15. The third-order valence-corrected chi connectivity index (χ3v) is 5.07. The standard InChI is InChI=1S/C19H23N5O2/c1-24-19-15(10-21-24)18(22-17(23-19)13-4-2-3-5-13)20-11-16(26)12-6-8-14(25)9-7-12/h6-10,13,16,25-26H,2-5,11H2,1H3,(H,20,22,23)/t16-/m0/s1. The largest absolute Gasteiger partial charge is 0.508 e. The molecule has 3 N–H and O–H groups in total. The van der Waals surface area contributed by atoms with Crippen LogP contribution in [0.4, 0.5) is 5.82 Å². The predicted octanol–water partition coefficient (Wildman–Crippen LogP) is 2.87. The van der Waals surface area contributed by atoms with E-state index in [2.05, 4.69) is 10.4 Å². The number of rotatable bonds is 5. The molecular weight excluding hydrogens is 330 g/mol. The minimum Gasteiger partial charge on any atom is -0.508 e. The first-order valence-corrected chi connectivity index (χ1v) is 9.02. The molecule has 4 rings (SSSR count). The summed E-state index contributed by atoms with van der Waals surface area (Å²) in [5, 5.41) is 28.2. The molecule has 0 saturated heterocycles. The van der Waals surface area contributed by atoms with Crippen molar-refractivity contribution >= 4 is 16.9 Å². The lowest BCUT2D eigenvalue weighted by atomic mass is 10.1. The van der Waals surface area contributed by atoms with Crippen molar-refractivity contribution in [3.8, 4) is 5.75 Å². The zero-order valence-corrected chi connectivity index (χ0v) is 14.8. The zero-order valence-electron chi connectivity index (χ0n) is 14.8. The fourth-order valence-corrected chi connectivity index (χ4v) is 3.55. The molecule has 2 aromatic heterocycles. The number of hydrogen-bond donors (Lipinski definition) is 3. The highest BCUT2D eigenvalue weighted by Crippen LogP contribution is 2.34. The zero-order chi connectivity index (χ0) is 18.1.